The molecule has 2 aromatic rings. The van der Waals surface area contributed by atoms with E-state index in [1.54, 1.807) is 0 Å². The molecule has 106 valence electrons. The third-order valence-corrected chi connectivity index (χ3v) is 4.37. The number of nitrogens with one attached hydrogen (secondary N) is 1. The van der Waals surface area contributed by atoms with Gasteiger partial charge in [0.25, 0.3) is 10.0 Å². The molecule has 0 aliphatic carbocycles. The Morgan fingerprint density at radius 1 is 0.950 bits per heavy atom. The van der Waals surface area contributed by atoms with Crippen molar-refractivity contribution < 1.29 is 21.6 Å². The fraction of sp³-hybridized carbons (Fsp3) is 0. The van der Waals surface area contributed by atoms with Gasteiger partial charge in [-0.2, -0.15) is 0 Å². The Kier molecular flexibility index (Phi) is 4.05. The third-order valence-electron chi connectivity index (χ3n) is 2.38. The number of anilines is 1. The topological polar surface area (TPSA) is 46.2 Å². The van der Waals surface area contributed by atoms with Crippen LogP contribution in [0.5, 0.6) is 0 Å². The molecule has 0 unspecified atom stereocenters. The highest BCUT2D eigenvalue weighted by atomic mass is 79.9. The van der Waals surface area contributed by atoms with Gasteiger partial charge < -0.3 is 0 Å². The average molecular weight is 366 g/mol. The normalized spacial score (nSPS) is 11.4. The summed E-state index contributed by atoms with van der Waals surface area (Å²) in [5.41, 5.74) is -0.414. The number of benzene rings is 2. The summed E-state index contributed by atoms with van der Waals surface area (Å²) in [6.45, 7) is 0. The summed E-state index contributed by atoms with van der Waals surface area (Å²) in [5, 5.41) is 0. The van der Waals surface area contributed by atoms with Gasteiger partial charge in [-0.3, -0.25) is 4.72 Å². The second kappa shape index (κ2) is 5.45. The predicted molar refractivity (Wildman–Crippen MR) is 71.3 cm³/mol. The van der Waals surface area contributed by atoms with Crippen molar-refractivity contribution in [1.82, 2.24) is 0 Å². The molecular weight excluding hydrogens is 359 g/mol. The molecule has 20 heavy (non-hydrogen) atoms. The van der Waals surface area contributed by atoms with Crippen LogP contribution >= 0.6 is 15.9 Å². The molecule has 0 fully saturated rings. The lowest BCUT2D eigenvalue weighted by Crippen LogP contribution is -2.14. The molecule has 0 spiro atoms. The summed E-state index contributed by atoms with van der Waals surface area (Å²) in [5.74, 6) is -2.51. The molecule has 0 amide bonds. The first-order chi connectivity index (χ1) is 9.29. The Balaban J connectivity index is 2.38. The average Bonchev–Trinajstić information content (AvgIpc) is 2.36. The Labute approximate surface area is 121 Å². The fourth-order valence-electron chi connectivity index (χ4n) is 1.42. The monoisotopic (exact) mass is 365 g/mol. The number of hydrogen-bond donors (Lipinski definition) is 1. The molecule has 0 saturated carbocycles. The Bertz CT molecular complexity index is 748. The van der Waals surface area contributed by atoms with E-state index in [4.69, 9.17) is 0 Å². The van der Waals surface area contributed by atoms with E-state index >= 15 is 0 Å². The summed E-state index contributed by atoms with van der Waals surface area (Å²) in [4.78, 5) is -0.237. The maximum absolute atomic E-state index is 13.5. The summed E-state index contributed by atoms with van der Waals surface area (Å²) in [6.07, 6.45) is 0. The van der Waals surface area contributed by atoms with Crippen LogP contribution in [0.1, 0.15) is 0 Å². The third kappa shape index (κ3) is 3.13. The first kappa shape index (κ1) is 14.9. The fourth-order valence-corrected chi connectivity index (χ4v) is 2.82. The molecule has 2 aromatic carbocycles. The Hall–Kier alpha value is -1.54. The highest BCUT2D eigenvalue weighted by Gasteiger charge is 2.17. The van der Waals surface area contributed by atoms with Crippen molar-refractivity contribution in [2.24, 2.45) is 0 Å². The molecule has 0 aliphatic heterocycles. The van der Waals surface area contributed by atoms with Gasteiger partial charge in [0.2, 0.25) is 0 Å². The van der Waals surface area contributed by atoms with Crippen LogP contribution in [0.3, 0.4) is 0 Å². The van der Waals surface area contributed by atoms with E-state index in [1.807, 2.05) is 4.72 Å². The summed E-state index contributed by atoms with van der Waals surface area (Å²) in [6, 6.07) is 5.51. The molecular formula is C12H7BrF3NO2S. The quantitative estimate of drug-likeness (QED) is 0.843. The van der Waals surface area contributed by atoms with Gasteiger partial charge in [0.05, 0.1) is 15.1 Å². The molecule has 2 rings (SSSR count). The Morgan fingerprint density at radius 2 is 1.55 bits per heavy atom. The zero-order chi connectivity index (χ0) is 14.9. The SMILES string of the molecule is O=S(=O)(Nc1cc(Br)c(F)cc1F)c1ccc(F)cc1. The number of halogens is 4. The van der Waals surface area contributed by atoms with E-state index in [2.05, 4.69) is 15.9 Å². The summed E-state index contributed by atoms with van der Waals surface area (Å²) in [7, 11) is -4.08. The smallest absolute Gasteiger partial charge is 0.261 e. The molecule has 3 nitrogen and oxygen atoms in total. The van der Waals surface area contributed by atoms with E-state index in [9.17, 15) is 21.6 Å². The van der Waals surface area contributed by atoms with E-state index < -0.39 is 33.2 Å². The predicted octanol–water partition coefficient (Wildman–Crippen LogP) is 3.67. The van der Waals surface area contributed by atoms with Crippen LogP contribution in [0, 0.1) is 17.5 Å². The largest absolute Gasteiger partial charge is 0.277 e. The molecule has 8 heteroatoms. The summed E-state index contributed by atoms with van der Waals surface area (Å²) >= 11 is 2.83. The second-order valence-corrected chi connectivity index (χ2v) is 6.34. The maximum atomic E-state index is 13.5. The molecule has 0 bridgehead atoms. The lowest BCUT2D eigenvalue weighted by Gasteiger charge is -2.09. The van der Waals surface area contributed by atoms with Gasteiger partial charge >= 0.3 is 0 Å². The highest BCUT2D eigenvalue weighted by Crippen LogP contribution is 2.25. The standard InChI is InChI=1S/C12H7BrF3NO2S/c13-9-5-12(11(16)6-10(9)15)17-20(18,19)8-3-1-7(14)2-4-8/h1-6,17H. The van der Waals surface area contributed by atoms with Crippen molar-refractivity contribution in [1.29, 1.82) is 0 Å². The van der Waals surface area contributed by atoms with Gasteiger partial charge in [0.1, 0.15) is 17.5 Å². The van der Waals surface area contributed by atoms with Crippen LogP contribution in [0.15, 0.2) is 45.8 Å². The van der Waals surface area contributed by atoms with Crippen LogP contribution < -0.4 is 4.72 Å². The van der Waals surface area contributed by atoms with Crippen molar-refractivity contribution in [3.63, 3.8) is 0 Å². The zero-order valence-electron chi connectivity index (χ0n) is 9.70. The van der Waals surface area contributed by atoms with E-state index in [1.165, 1.54) is 0 Å². The number of hydrogen-bond acceptors (Lipinski definition) is 2. The van der Waals surface area contributed by atoms with E-state index in [0.717, 1.165) is 30.3 Å². The molecule has 0 heterocycles. The minimum atomic E-state index is -4.08. The minimum absolute atomic E-state index is 0.0873. The first-order valence-corrected chi connectivity index (χ1v) is 7.50. The highest BCUT2D eigenvalue weighted by molar-refractivity contribution is 9.10. The van der Waals surface area contributed by atoms with Gasteiger partial charge in [-0.05, 0) is 46.3 Å². The zero-order valence-corrected chi connectivity index (χ0v) is 12.1. The van der Waals surface area contributed by atoms with Gasteiger partial charge in [0, 0.05) is 6.07 Å². The van der Waals surface area contributed by atoms with Gasteiger partial charge in [0.15, 0.2) is 0 Å². The molecule has 1 N–H and O–H groups in total. The molecule has 0 aromatic heterocycles. The summed E-state index contributed by atoms with van der Waals surface area (Å²) < 4.78 is 65.1. The lowest BCUT2D eigenvalue weighted by molar-refractivity contribution is 0.579. The Morgan fingerprint density at radius 3 is 2.15 bits per heavy atom. The van der Waals surface area contributed by atoms with Crippen LogP contribution in [-0.4, -0.2) is 8.42 Å². The van der Waals surface area contributed by atoms with Crippen molar-refractivity contribution in [2.45, 2.75) is 4.90 Å². The molecule has 0 atom stereocenters. The second-order valence-electron chi connectivity index (χ2n) is 3.81. The van der Waals surface area contributed by atoms with Crippen LogP contribution in [0.4, 0.5) is 18.9 Å². The maximum Gasteiger partial charge on any atom is 0.261 e. The first-order valence-electron chi connectivity index (χ1n) is 5.22. The molecule has 0 radical (unpaired) electrons. The molecule has 0 aliphatic rings. The van der Waals surface area contributed by atoms with Crippen molar-refractivity contribution in [2.75, 3.05) is 4.72 Å². The minimum Gasteiger partial charge on any atom is -0.277 e. The number of sulfonamides is 1. The van der Waals surface area contributed by atoms with Gasteiger partial charge in [-0.25, -0.2) is 21.6 Å². The number of rotatable bonds is 3. The van der Waals surface area contributed by atoms with Crippen LogP contribution in [-0.2, 0) is 10.0 Å². The van der Waals surface area contributed by atoms with Crippen molar-refractivity contribution in [3.8, 4) is 0 Å². The molecule has 0 saturated heterocycles. The van der Waals surface area contributed by atoms with Gasteiger partial charge in [-0.15, -0.1) is 0 Å². The van der Waals surface area contributed by atoms with E-state index in [0.29, 0.717) is 6.07 Å². The van der Waals surface area contributed by atoms with Crippen LogP contribution in [0.2, 0.25) is 0 Å². The van der Waals surface area contributed by atoms with E-state index in [-0.39, 0.29) is 9.37 Å². The van der Waals surface area contributed by atoms with Gasteiger partial charge in [-0.1, -0.05) is 0 Å². The van der Waals surface area contributed by atoms with Crippen LogP contribution in [0.25, 0.3) is 0 Å². The van der Waals surface area contributed by atoms with Crippen molar-refractivity contribution >= 4 is 31.6 Å². The van der Waals surface area contributed by atoms with Crippen molar-refractivity contribution in [3.05, 3.63) is 58.3 Å². The lowest BCUT2D eigenvalue weighted by atomic mass is 10.3.